The molecular weight excluding hydrogens is 425 g/mol. The van der Waals surface area contributed by atoms with Crippen LogP contribution in [-0.4, -0.2) is 22.3 Å². The third kappa shape index (κ3) is 4.04. The maximum absolute atomic E-state index is 13.3. The Morgan fingerprint density at radius 2 is 1.64 bits per heavy atom. The second-order valence-electron chi connectivity index (χ2n) is 8.11. The van der Waals surface area contributed by atoms with Crippen LogP contribution in [0.4, 0.5) is 13.2 Å². The number of hydrogen-bond donors (Lipinski definition) is 1. The summed E-state index contributed by atoms with van der Waals surface area (Å²) in [6.45, 7) is 0.546. The highest BCUT2D eigenvalue weighted by Gasteiger charge is 2.33. The summed E-state index contributed by atoms with van der Waals surface area (Å²) >= 11 is 0. The lowest BCUT2D eigenvalue weighted by Gasteiger charge is -2.35. The number of alkyl halides is 3. The SMILES string of the molecule is O=C(C=Cc1ccc(C(F)(F)F)cc1)N1CCc2c([nH]c3ccccc23)C1c1ccccc1. The highest BCUT2D eigenvalue weighted by Crippen LogP contribution is 2.38. The first-order chi connectivity index (χ1) is 15.9. The van der Waals surface area contributed by atoms with Gasteiger partial charge in [0.25, 0.3) is 0 Å². The van der Waals surface area contributed by atoms with Crippen molar-refractivity contribution in [3.05, 3.63) is 113 Å². The number of aromatic nitrogens is 1. The minimum absolute atomic E-state index is 0.187. The van der Waals surface area contributed by atoms with Gasteiger partial charge in [0.1, 0.15) is 0 Å². The van der Waals surface area contributed by atoms with Gasteiger partial charge in [-0.25, -0.2) is 0 Å². The first kappa shape index (κ1) is 21.1. The second-order valence-corrected chi connectivity index (χ2v) is 8.11. The molecule has 33 heavy (non-hydrogen) atoms. The highest BCUT2D eigenvalue weighted by atomic mass is 19.4. The van der Waals surface area contributed by atoms with Gasteiger partial charge in [0.15, 0.2) is 0 Å². The predicted molar refractivity (Wildman–Crippen MR) is 122 cm³/mol. The predicted octanol–water partition coefficient (Wildman–Crippen LogP) is 6.37. The number of nitrogens with one attached hydrogen (secondary N) is 1. The summed E-state index contributed by atoms with van der Waals surface area (Å²) in [5.41, 5.74) is 4.09. The number of carbonyl (C=O) groups is 1. The molecular formula is C27H21F3N2O. The molecule has 0 bridgehead atoms. The molecule has 1 unspecified atom stereocenters. The van der Waals surface area contributed by atoms with E-state index in [1.807, 2.05) is 53.4 Å². The van der Waals surface area contributed by atoms with Crippen LogP contribution in [0.25, 0.3) is 17.0 Å². The molecule has 0 saturated carbocycles. The van der Waals surface area contributed by atoms with E-state index in [0.29, 0.717) is 12.1 Å². The summed E-state index contributed by atoms with van der Waals surface area (Å²) in [6, 6.07) is 22.5. The van der Waals surface area contributed by atoms with Gasteiger partial charge in [-0.05, 0) is 47.4 Å². The molecule has 1 N–H and O–H groups in total. The fraction of sp³-hybridized carbons (Fsp3) is 0.148. The molecule has 1 aliphatic heterocycles. The number of hydrogen-bond acceptors (Lipinski definition) is 1. The maximum atomic E-state index is 13.3. The zero-order valence-electron chi connectivity index (χ0n) is 17.6. The number of fused-ring (bicyclic) bond motifs is 3. The van der Waals surface area contributed by atoms with Crippen molar-refractivity contribution in [2.45, 2.75) is 18.6 Å². The number of nitrogens with zero attached hydrogens (tertiary/aromatic N) is 1. The van der Waals surface area contributed by atoms with Gasteiger partial charge in [0.05, 0.1) is 11.6 Å². The average molecular weight is 446 g/mol. The van der Waals surface area contributed by atoms with Crippen molar-refractivity contribution in [1.29, 1.82) is 0 Å². The number of H-pyrrole nitrogens is 1. The molecule has 0 saturated heterocycles. The summed E-state index contributed by atoms with van der Waals surface area (Å²) in [6.07, 6.45) is -0.661. The first-order valence-corrected chi connectivity index (χ1v) is 10.7. The van der Waals surface area contributed by atoms with Crippen molar-refractivity contribution in [2.24, 2.45) is 0 Å². The summed E-state index contributed by atoms with van der Waals surface area (Å²) < 4.78 is 38.4. The van der Waals surface area contributed by atoms with Gasteiger partial charge in [-0.1, -0.05) is 60.7 Å². The van der Waals surface area contributed by atoms with E-state index in [1.165, 1.54) is 29.2 Å². The van der Waals surface area contributed by atoms with E-state index in [-0.39, 0.29) is 11.9 Å². The maximum Gasteiger partial charge on any atom is 0.416 e. The molecule has 1 amide bonds. The normalized spacial score (nSPS) is 16.3. The summed E-state index contributed by atoms with van der Waals surface area (Å²) in [7, 11) is 0. The molecule has 6 heteroatoms. The minimum Gasteiger partial charge on any atom is -0.356 e. The lowest BCUT2D eigenvalue weighted by molar-refractivity contribution is -0.137. The smallest absolute Gasteiger partial charge is 0.356 e. The van der Waals surface area contributed by atoms with Gasteiger partial charge in [-0.3, -0.25) is 4.79 Å². The lowest BCUT2D eigenvalue weighted by Crippen LogP contribution is -2.39. The zero-order valence-corrected chi connectivity index (χ0v) is 17.6. The third-order valence-corrected chi connectivity index (χ3v) is 6.09. The molecule has 1 atom stereocenters. The van der Waals surface area contributed by atoms with E-state index >= 15 is 0 Å². The second kappa shape index (κ2) is 8.28. The fourth-order valence-corrected chi connectivity index (χ4v) is 4.51. The van der Waals surface area contributed by atoms with Crippen molar-refractivity contribution in [1.82, 2.24) is 9.88 Å². The average Bonchev–Trinajstić information content (AvgIpc) is 3.21. The highest BCUT2D eigenvalue weighted by molar-refractivity contribution is 5.93. The van der Waals surface area contributed by atoms with Crippen LogP contribution in [0.3, 0.4) is 0 Å². The Labute approximate surface area is 189 Å². The molecule has 3 aromatic carbocycles. The van der Waals surface area contributed by atoms with Gasteiger partial charge in [-0.15, -0.1) is 0 Å². The molecule has 0 spiro atoms. The van der Waals surface area contributed by atoms with Crippen LogP contribution in [0.5, 0.6) is 0 Å². The minimum atomic E-state index is -4.38. The van der Waals surface area contributed by atoms with Crippen LogP contribution in [0, 0.1) is 0 Å². The largest absolute Gasteiger partial charge is 0.416 e. The first-order valence-electron chi connectivity index (χ1n) is 10.7. The van der Waals surface area contributed by atoms with Gasteiger partial charge >= 0.3 is 6.18 Å². The van der Waals surface area contributed by atoms with Crippen LogP contribution in [0.15, 0.2) is 84.9 Å². The molecule has 4 aromatic rings. The number of benzene rings is 3. The monoisotopic (exact) mass is 446 g/mol. The van der Waals surface area contributed by atoms with Gasteiger partial charge in [0, 0.05) is 29.2 Å². The van der Waals surface area contributed by atoms with E-state index in [2.05, 4.69) is 11.1 Å². The Morgan fingerprint density at radius 3 is 2.36 bits per heavy atom. The van der Waals surface area contributed by atoms with Crippen LogP contribution in [-0.2, 0) is 17.4 Å². The van der Waals surface area contributed by atoms with Crippen molar-refractivity contribution < 1.29 is 18.0 Å². The van der Waals surface area contributed by atoms with Crippen LogP contribution >= 0.6 is 0 Å². The molecule has 0 radical (unpaired) electrons. The summed E-state index contributed by atoms with van der Waals surface area (Å²) in [5, 5.41) is 1.17. The molecule has 2 heterocycles. The van der Waals surface area contributed by atoms with Crippen molar-refractivity contribution >= 4 is 22.9 Å². The Bertz CT molecular complexity index is 1320. The summed E-state index contributed by atoms with van der Waals surface area (Å²) in [4.78, 5) is 18.6. The van der Waals surface area contributed by atoms with E-state index in [0.717, 1.165) is 35.3 Å². The zero-order chi connectivity index (χ0) is 23.0. The number of halogens is 3. The van der Waals surface area contributed by atoms with Crippen molar-refractivity contribution in [3.63, 3.8) is 0 Å². The van der Waals surface area contributed by atoms with E-state index < -0.39 is 11.7 Å². The standard InChI is InChI=1S/C27H21F3N2O/c28-27(29,30)20-13-10-18(11-14-20)12-15-24(33)32-17-16-22-21-8-4-5-9-23(21)31-25(22)26(32)19-6-2-1-3-7-19/h1-15,26,31H,16-17H2. The Kier molecular flexibility index (Phi) is 5.29. The molecule has 1 aliphatic rings. The number of carbonyl (C=O) groups excluding carboxylic acids is 1. The third-order valence-electron chi connectivity index (χ3n) is 6.09. The van der Waals surface area contributed by atoms with Crippen LogP contribution < -0.4 is 0 Å². The Hall–Kier alpha value is -3.80. The number of amides is 1. The molecule has 166 valence electrons. The van der Waals surface area contributed by atoms with Gasteiger partial charge in [-0.2, -0.15) is 13.2 Å². The fourth-order valence-electron chi connectivity index (χ4n) is 4.51. The van der Waals surface area contributed by atoms with Gasteiger partial charge < -0.3 is 9.88 Å². The van der Waals surface area contributed by atoms with E-state index in [1.54, 1.807) is 6.08 Å². The topological polar surface area (TPSA) is 36.1 Å². The molecule has 0 aliphatic carbocycles. The van der Waals surface area contributed by atoms with E-state index in [4.69, 9.17) is 0 Å². The quantitative estimate of drug-likeness (QED) is 0.365. The number of aromatic amines is 1. The molecule has 0 fully saturated rings. The number of para-hydroxylation sites is 1. The molecule has 5 rings (SSSR count). The summed E-state index contributed by atoms with van der Waals surface area (Å²) in [5.74, 6) is -0.187. The van der Waals surface area contributed by atoms with Gasteiger partial charge in [0.2, 0.25) is 5.91 Å². The van der Waals surface area contributed by atoms with E-state index in [9.17, 15) is 18.0 Å². The Morgan fingerprint density at radius 1 is 0.939 bits per heavy atom. The lowest BCUT2D eigenvalue weighted by atomic mass is 9.92. The van der Waals surface area contributed by atoms with Crippen LogP contribution in [0.1, 0.15) is 34.0 Å². The molecule has 1 aromatic heterocycles. The molecule has 3 nitrogen and oxygen atoms in total. The van der Waals surface area contributed by atoms with Crippen LogP contribution in [0.2, 0.25) is 0 Å². The number of rotatable bonds is 3. The Balaban J connectivity index is 1.47. The van der Waals surface area contributed by atoms with Crippen molar-refractivity contribution in [3.8, 4) is 0 Å². The van der Waals surface area contributed by atoms with Crippen molar-refractivity contribution in [2.75, 3.05) is 6.54 Å².